The number of nitrogens with one attached hydrogen (secondary N) is 2. The third kappa shape index (κ3) is 6.88. The zero-order chi connectivity index (χ0) is 11.8. The van der Waals surface area contributed by atoms with E-state index in [-0.39, 0.29) is 24.0 Å². The molecule has 0 saturated heterocycles. The van der Waals surface area contributed by atoms with Gasteiger partial charge in [-0.3, -0.25) is 4.99 Å². The number of aliphatic imine (C=N–C) groups is 1. The van der Waals surface area contributed by atoms with E-state index < -0.39 is 0 Å². The van der Waals surface area contributed by atoms with Crippen molar-refractivity contribution in [3.8, 4) is 0 Å². The van der Waals surface area contributed by atoms with E-state index in [1.165, 1.54) is 5.56 Å². The van der Waals surface area contributed by atoms with Crippen molar-refractivity contribution in [2.45, 2.75) is 12.8 Å². The molecule has 0 bridgehead atoms. The summed E-state index contributed by atoms with van der Waals surface area (Å²) < 4.78 is 1.14. The minimum absolute atomic E-state index is 0. The summed E-state index contributed by atoms with van der Waals surface area (Å²) in [5, 5.41) is 6.22. The molecule has 5 heteroatoms. The molecule has 0 unspecified atom stereocenters. The fraction of sp³-hybridized carbons (Fsp3) is 0.417. The van der Waals surface area contributed by atoms with Crippen LogP contribution in [0.5, 0.6) is 0 Å². The molecule has 1 aromatic rings. The van der Waals surface area contributed by atoms with E-state index in [1.807, 2.05) is 13.1 Å². The molecule has 0 spiro atoms. The van der Waals surface area contributed by atoms with Gasteiger partial charge in [0.25, 0.3) is 0 Å². The Morgan fingerprint density at radius 1 is 1.41 bits per heavy atom. The van der Waals surface area contributed by atoms with Gasteiger partial charge < -0.3 is 10.6 Å². The van der Waals surface area contributed by atoms with Crippen LogP contribution in [-0.4, -0.2) is 26.6 Å². The van der Waals surface area contributed by atoms with Crippen LogP contribution in [0.15, 0.2) is 33.7 Å². The van der Waals surface area contributed by atoms with Crippen molar-refractivity contribution in [1.29, 1.82) is 0 Å². The smallest absolute Gasteiger partial charge is 0.190 e. The first-order chi connectivity index (χ1) is 7.76. The monoisotopic (exact) mass is 411 g/mol. The summed E-state index contributed by atoms with van der Waals surface area (Å²) in [6.45, 7) is 0.931. The highest BCUT2D eigenvalue weighted by Gasteiger charge is 1.95. The van der Waals surface area contributed by atoms with Gasteiger partial charge in [-0.1, -0.05) is 28.1 Å². The van der Waals surface area contributed by atoms with Gasteiger partial charge in [0.1, 0.15) is 0 Å². The van der Waals surface area contributed by atoms with Crippen LogP contribution in [0.1, 0.15) is 12.0 Å². The van der Waals surface area contributed by atoms with E-state index in [9.17, 15) is 0 Å². The summed E-state index contributed by atoms with van der Waals surface area (Å²) >= 11 is 3.47. The van der Waals surface area contributed by atoms with Crippen molar-refractivity contribution in [1.82, 2.24) is 10.6 Å². The third-order valence-corrected chi connectivity index (χ3v) is 2.78. The minimum Gasteiger partial charge on any atom is -0.359 e. The lowest BCUT2D eigenvalue weighted by atomic mass is 10.1. The lowest BCUT2D eigenvalue weighted by Crippen LogP contribution is -2.35. The minimum atomic E-state index is 0. The molecule has 0 aromatic heterocycles. The van der Waals surface area contributed by atoms with Crippen LogP contribution in [0.3, 0.4) is 0 Å². The summed E-state index contributed by atoms with van der Waals surface area (Å²) in [5.74, 6) is 0.842. The van der Waals surface area contributed by atoms with Crippen LogP contribution in [0.25, 0.3) is 0 Å². The Morgan fingerprint density at radius 2 is 2.18 bits per heavy atom. The molecule has 0 aliphatic carbocycles. The van der Waals surface area contributed by atoms with Gasteiger partial charge in [0.15, 0.2) is 5.96 Å². The molecule has 0 heterocycles. The van der Waals surface area contributed by atoms with Gasteiger partial charge in [-0.2, -0.15) is 0 Å². The lowest BCUT2D eigenvalue weighted by molar-refractivity contribution is 0.758. The van der Waals surface area contributed by atoms with Gasteiger partial charge >= 0.3 is 0 Å². The molecule has 0 atom stereocenters. The SMILES string of the molecule is CN=C(NC)NCCCc1cccc(Br)c1.I. The van der Waals surface area contributed by atoms with Crippen molar-refractivity contribution in [3.05, 3.63) is 34.3 Å². The maximum absolute atomic E-state index is 4.05. The molecule has 0 radical (unpaired) electrons. The molecule has 0 aliphatic heterocycles. The molecule has 17 heavy (non-hydrogen) atoms. The summed E-state index contributed by atoms with van der Waals surface area (Å²) in [6.07, 6.45) is 2.17. The summed E-state index contributed by atoms with van der Waals surface area (Å²) in [7, 11) is 3.64. The van der Waals surface area contributed by atoms with Crippen molar-refractivity contribution in [2.75, 3.05) is 20.6 Å². The molecule has 2 N–H and O–H groups in total. The van der Waals surface area contributed by atoms with Crippen LogP contribution in [0, 0.1) is 0 Å². The fourth-order valence-corrected chi connectivity index (χ4v) is 1.92. The molecule has 1 rings (SSSR count). The van der Waals surface area contributed by atoms with E-state index in [1.54, 1.807) is 7.05 Å². The quantitative estimate of drug-likeness (QED) is 0.346. The van der Waals surface area contributed by atoms with Crippen LogP contribution < -0.4 is 10.6 Å². The highest BCUT2D eigenvalue weighted by atomic mass is 127. The first-order valence-electron chi connectivity index (χ1n) is 5.39. The van der Waals surface area contributed by atoms with E-state index in [0.717, 1.165) is 29.8 Å². The Morgan fingerprint density at radius 3 is 2.76 bits per heavy atom. The van der Waals surface area contributed by atoms with Crippen LogP contribution >= 0.6 is 39.9 Å². The molecule has 0 fully saturated rings. The number of nitrogens with zero attached hydrogens (tertiary/aromatic N) is 1. The highest BCUT2D eigenvalue weighted by Crippen LogP contribution is 2.12. The predicted molar refractivity (Wildman–Crippen MR) is 88.3 cm³/mol. The highest BCUT2D eigenvalue weighted by molar-refractivity contribution is 14.0. The second-order valence-corrected chi connectivity index (χ2v) is 4.40. The van der Waals surface area contributed by atoms with Crippen molar-refractivity contribution < 1.29 is 0 Å². The molecule has 1 aromatic carbocycles. The zero-order valence-electron chi connectivity index (χ0n) is 10.2. The van der Waals surface area contributed by atoms with Gasteiger partial charge in [-0.15, -0.1) is 24.0 Å². The third-order valence-electron chi connectivity index (χ3n) is 2.28. The topological polar surface area (TPSA) is 36.4 Å². The van der Waals surface area contributed by atoms with E-state index >= 15 is 0 Å². The normalized spacial score (nSPS) is 10.6. The van der Waals surface area contributed by atoms with Gasteiger partial charge in [0.05, 0.1) is 0 Å². The molecule has 96 valence electrons. The molecule has 0 aliphatic rings. The average molecular weight is 412 g/mol. The second kappa shape index (κ2) is 9.70. The second-order valence-electron chi connectivity index (χ2n) is 3.48. The molecule has 0 saturated carbocycles. The largest absolute Gasteiger partial charge is 0.359 e. The Balaban J connectivity index is 0.00000256. The summed E-state index contributed by atoms with van der Waals surface area (Å²) in [5.41, 5.74) is 1.36. The maximum atomic E-state index is 4.05. The number of hydrogen-bond acceptors (Lipinski definition) is 1. The summed E-state index contributed by atoms with van der Waals surface area (Å²) in [6, 6.07) is 8.43. The predicted octanol–water partition coefficient (Wildman–Crippen LogP) is 2.79. The van der Waals surface area contributed by atoms with Gasteiger partial charge in [-0.05, 0) is 30.5 Å². The van der Waals surface area contributed by atoms with E-state index in [0.29, 0.717) is 0 Å². The number of guanidine groups is 1. The number of rotatable bonds is 4. The molecular weight excluding hydrogens is 393 g/mol. The fourth-order valence-electron chi connectivity index (χ4n) is 1.47. The van der Waals surface area contributed by atoms with Crippen LogP contribution in [0.2, 0.25) is 0 Å². The number of benzene rings is 1. The number of hydrogen-bond donors (Lipinski definition) is 2. The van der Waals surface area contributed by atoms with E-state index in [4.69, 9.17) is 0 Å². The number of aryl methyl sites for hydroxylation is 1. The Hall–Kier alpha value is -0.300. The van der Waals surface area contributed by atoms with Crippen LogP contribution in [-0.2, 0) is 6.42 Å². The van der Waals surface area contributed by atoms with Crippen molar-refractivity contribution in [2.24, 2.45) is 4.99 Å². The van der Waals surface area contributed by atoms with Gasteiger partial charge in [0.2, 0.25) is 0 Å². The Bertz CT molecular complexity index is 355. The molecular formula is C12H19BrIN3. The maximum Gasteiger partial charge on any atom is 0.190 e. The Kier molecular flexibility index (Phi) is 9.53. The lowest BCUT2D eigenvalue weighted by Gasteiger charge is -2.08. The zero-order valence-corrected chi connectivity index (χ0v) is 14.1. The number of halogens is 2. The standard InChI is InChI=1S/C12H18BrN3.HI/c1-14-12(15-2)16-8-4-6-10-5-3-7-11(13)9-10;/h3,5,7,9H,4,6,8H2,1-2H3,(H2,14,15,16);1H. The van der Waals surface area contributed by atoms with Crippen molar-refractivity contribution in [3.63, 3.8) is 0 Å². The Labute approximate surface area is 129 Å². The van der Waals surface area contributed by atoms with Crippen molar-refractivity contribution >= 4 is 45.9 Å². The van der Waals surface area contributed by atoms with Crippen LogP contribution in [0.4, 0.5) is 0 Å². The summed E-state index contributed by atoms with van der Waals surface area (Å²) in [4.78, 5) is 4.05. The van der Waals surface area contributed by atoms with Gasteiger partial charge in [-0.25, -0.2) is 0 Å². The molecule has 0 amide bonds. The first-order valence-corrected chi connectivity index (χ1v) is 6.18. The average Bonchev–Trinajstić information content (AvgIpc) is 2.29. The van der Waals surface area contributed by atoms with E-state index in [2.05, 4.69) is 49.8 Å². The van der Waals surface area contributed by atoms with Gasteiger partial charge in [0, 0.05) is 25.1 Å². The first kappa shape index (κ1) is 16.7. The molecule has 3 nitrogen and oxygen atoms in total.